The smallest absolute Gasteiger partial charge is 0.337 e. The minimum absolute atomic E-state index is 0.0261. The van der Waals surface area contributed by atoms with Gasteiger partial charge in [-0.25, -0.2) is 4.79 Å². The highest BCUT2D eigenvalue weighted by atomic mass is 32.2. The van der Waals surface area contributed by atoms with Gasteiger partial charge in [-0.3, -0.25) is 9.78 Å². The van der Waals surface area contributed by atoms with Gasteiger partial charge in [-0.2, -0.15) is 11.8 Å². The number of aromatic carboxylic acids is 1. The number of amides is 1. The predicted molar refractivity (Wildman–Crippen MR) is 65.3 cm³/mol. The molecule has 1 aromatic heterocycles. The van der Waals surface area contributed by atoms with E-state index in [0.29, 0.717) is 0 Å². The zero-order chi connectivity index (χ0) is 12.3. The molecule has 2 heterocycles. The summed E-state index contributed by atoms with van der Waals surface area (Å²) in [5.74, 6) is 0.571. The Balaban J connectivity index is 2.12. The largest absolute Gasteiger partial charge is 0.478 e. The van der Waals surface area contributed by atoms with E-state index in [1.54, 1.807) is 11.8 Å². The molecule has 1 atom stereocenters. The first-order chi connectivity index (χ1) is 8.18. The zero-order valence-electron chi connectivity index (χ0n) is 9.05. The molecule has 90 valence electrons. The van der Waals surface area contributed by atoms with Gasteiger partial charge in [-0.15, -0.1) is 0 Å². The van der Waals surface area contributed by atoms with Gasteiger partial charge in [0.25, 0.3) is 0 Å². The van der Waals surface area contributed by atoms with Gasteiger partial charge < -0.3 is 10.4 Å². The Morgan fingerprint density at radius 2 is 2.35 bits per heavy atom. The Morgan fingerprint density at radius 1 is 1.53 bits per heavy atom. The first-order valence-electron chi connectivity index (χ1n) is 5.24. The van der Waals surface area contributed by atoms with Crippen molar-refractivity contribution in [2.45, 2.75) is 6.42 Å². The van der Waals surface area contributed by atoms with Crippen LogP contribution in [0.1, 0.15) is 16.8 Å². The van der Waals surface area contributed by atoms with Crippen molar-refractivity contribution in [2.75, 3.05) is 16.8 Å². The van der Waals surface area contributed by atoms with Crippen LogP contribution in [-0.2, 0) is 4.79 Å². The second-order valence-corrected chi connectivity index (χ2v) is 4.93. The molecule has 1 aromatic rings. The molecule has 1 unspecified atom stereocenters. The molecule has 2 rings (SSSR count). The van der Waals surface area contributed by atoms with Crippen molar-refractivity contribution in [2.24, 2.45) is 5.92 Å². The molecule has 0 aliphatic carbocycles. The lowest BCUT2D eigenvalue weighted by Gasteiger charge is -2.11. The summed E-state index contributed by atoms with van der Waals surface area (Å²) in [6.07, 6.45) is 3.60. The Labute approximate surface area is 103 Å². The summed E-state index contributed by atoms with van der Waals surface area (Å²) in [5, 5.41) is 11.6. The molecule has 1 aliphatic rings. The van der Waals surface area contributed by atoms with Crippen molar-refractivity contribution in [3.63, 3.8) is 0 Å². The van der Waals surface area contributed by atoms with Crippen molar-refractivity contribution in [3.05, 3.63) is 24.0 Å². The van der Waals surface area contributed by atoms with Crippen molar-refractivity contribution in [3.8, 4) is 0 Å². The Kier molecular flexibility index (Phi) is 3.63. The Hall–Kier alpha value is -1.56. The molecule has 0 bridgehead atoms. The molecule has 1 aliphatic heterocycles. The number of carboxylic acid groups (broad SMARTS) is 1. The van der Waals surface area contributed by atoms with Crippen molar-refractivity contribution >= 4 is 29.3 Å². The number of hydrogen-bond acceptors (Lipinski definition) is 4. The maximum Gasteiger partial charge on any atom is 0.337 e. The standard InChI is InChI=1S/C11H12N2O3S/c14-10(7-2-4-17-6-7)13-9-5-12-3-1-8(9)11(15)16/h1,3,5,7H,2,4,6H2,(H,13,14)(H,15,16). The quantitative estimate of drug-likeness (QED) is 0.851. The van der Waals surface area contributed by atoms with Gasteiger partial charge in [0.05, 0.1) is 17.4 Å². The number of carbonyl (C=O) groups excluding carboxylic acids is 1. The van der Waals surface area contributed by atoms with E-state index < -0.39 is 5.97 Å². The fourth-order valence-electron chi connectivity index (χ4n) is 1.66. The molecular weight excluding hydrogens is 240 g/mol. The number of nitrogens with zero attached hydrogens (tertiary/aromatic N) is 1. The maximum absolute atomic E-state index is 11.8. The number of aromatic nitrogens is 1. The van der Waals surface area contributed by atoms with E-state index in [1.165, 1.54) is 18.5 Å². The third kappa shape index (κ3) is 2.76. The van der Waals surface area contributed by atoms with Crippen molar-refractivity contribution in [1.29, 1.82) is 0 Å². The molecule has 2 N–H and O–H groups in total. The Bertz CT molecular complexity index is 444. The molecule has 1 amide bonds. The first-order valence-corrected chi connectivity index (χ1v) is 6.40. The van der Waals surface area contributed by atoms with Crippen molar-refractivity contribution in [1.82, 2.24) is 4.98 Å². The van der Waals surface area contributed by atoms with Gasteiger partial charge >= 0.3 is 5.97 Å². The molecule has 0 spiro atoms. The highest BCUT2D eigenvalue weighted by molar-refractivity contribution is 7.99. The fraction of sp³-hybridized carbons (Fsp3) is 0.364. The van der Waals surface area contributed by atoms with E-state index in [4.69, 9.17) is 5.11 Å². The number of rotatable bonds is 3. The summed E-state index contributed by atoms with van der Waals surface area (Å²) in [7, 11) is 0. The van der Waals surface area contributed by atoms with Crippen LogP contribution in [0.15, 0.2) is 18.5 Å². The lowest BCUT2D eigenvalue weighted by Crippen LogP contribution is -2.23. The maximum atomic E-state index is 11.8. The van der Waals surface area contributed by atoms with Gasteiger partial charge in [-0.05, 0) is 18.2 Å². The van der Waals surface area contributed by atoms with E-state index in [9.17, 15) is 9.59 Å². The summed E-state index contributed by atoms with van der Waals surface area (Å²) in [5.41, 5.74) is 0.334. The number of nitrogens with one attached hydrogen (secondary N) is 1. The molecule has 6 heteroatoms. The van der Waals surface area contributed by atoms with Crippen LogP contribution in [0.5, 0.6) is 0 Å². The van der Waals surface area contributed by atoms with Gasteiger partial charge in [0.15, 0.2) is 0 Å². The number of carbonyl (C=O) groups is 2. The summed E-state index contributed by atoms with van der Waals surface area (Å²) in [4.78, 5) is 26.6. The molecule has 1 fully saturated rings. The van der Waals surface area contributed by atoms with E-state index in [0.717, 1.165) is 17.9 Å². The normalized spacial score (nSPS) is 18.9. The van der Waals surface area contributed by atoms with Gasteiger partial charge in [-0.1, -0.05) is 0 Å². The summed E-state index contributed by atoms with van der Waals surface area (Å²) in [6, 6.07) is 1.38. The summed E-state index contributed by atoms with van der Waals surface area (Å²) >= 11 is 1.74. The minimum atomic E-state index is -1.07. The monoisotopic (exact) mass is 252 g/mol. The molecule has 1 saturated heterocycles. The second-order valence-electron chi connectivity index (χ2n) is 3.78. The SMILES string of the molecule is O=C(O)c1ccncc1NC(=O)C1CCSC1. The molecule has 0 saturated carbocycles. The third-order valence-corrected chi connectivity index (χ3v) is 3.77. The van der Waals surface area contributed by atoms with Crippen LogP contribution in [0.4, 0.5) is 5.69 Å². The average molecular weight is 252 g/mol. The van der Waals surface area contributed by atoms with Crippen LogP contribution in [0, 0.1) is 5.92 Å². The second kappa shape index (κ2) is 5.18. The molecule has 0 aromatic carbocycles. The number of thioether (sulfide) groups is 1. The Morgan fingerprint density at radius 3 is 3.00 bits per heavy atom. The van der Waals surface area contributed by atoms with E-state index >= 15 is 0 Å². The van der Waals surface area contributed by atoms with Gasteiger partial charge in [0, 0.05) is 17.9 Å². The zero-order valence-corrected chi connectivity index (χ0v) is 9.87. The van der Waals surface area contributed by atoms with Crippen LogP contribution in [0.3, 0.4) is 0 Å². The molecule has 5 nitrogen and oxygen atoms in total. The number of pyridine rings is 1. The number of hydrogen-bond donors (Lipinski definition) is 2. The van der Waals surface area contributed by atoms with E-state index in [-0.39, 0.29) is 23.1 Å². The summed E-state index contributed by atoms with van der Waals surface area (Å²) < 4.78 is 0. The lowest BCUT2D eigenvalue weighted by molar-refractivity contribution is -0.119. The van der Waals surface area contributed by atoms with E-state index in [1.807, 2.05) is 0 Å². The van der Waals surface area contributed by atoms with E-state index in [2.05, 4.69) is 10.3 Å². The van der Waals surface area contributed by atoms with Crippen LogP contribution in [-0.4, -0.2) is 33.5 Å². The van der Waals surface area contributed by atoms with Gasteiger partial charge in [0.2, 0.25) is 5.91 Å². The highest BCUT2D eigenvalue weighted by Crippen LogP contribution is 2.25. The minimum Gasteiger partial charge on any atom is -0.478 e. The fourth-order valence-corrected chi connectivity index (χ4v) is 2.88. The topological polar surface area (TPSA) is 79.3 Å². The lowest BCUT2D eigenvalue weighted by atomic mass is 10.1. The van der Waals surface area contributed by atoms with Crippen LogP contribution in [0.25, 0.3) is 0 Å². The molecule has 0 radical (unpaired) electrons. The highest BCUT2D eigenvalue weighted by Gasteiger charge is 2.24. The molecule has 17 heavy (non-hydrogen) atoms. The molecular formula is C11H12N2O3S. The predicted octanol–water partition coefficient (Wildman–Crippen LogP) is 1.47. The number of carboxylic acids is 1. The van der Waals surface area contributed by atoms with Gasteiger partial charge in [0.1, 0.15) is 0 Å². The van der Waals surface area contributed by atoms with Crippen LogP contribution in [0.2, 0.25) is 0 Å². The van der Waals surface area contributed by atoms with Crippen molar-refractivity contribution < 1.29 is 14.7 Å². The number of anilines is 1. The third-order valence-electron chi connectivity index (χ3n) is 2.61. The first kappa shape index (κ1) is 11.9. The van der Waals surface area contributed by atoms with Crippen LogP contribution >= 0.6 is 11.8 Å². The van der Waals surface area contributed by atoms with Crippen LogP contribution < -0.4 is 5.32 Å². The summed E-state index contributed by atoms with van der Waals surface area (Å²) in [6.45, 7) is 0. The average Bonchev–Trinajstić information content (AvgIpc) is 2.83.